The van der Waals surface area contributed by atoms with Crippen LogP contribution in [0.5, 0.6) is 0 Å². The number of amides is 1. The largest absolute Gasteiger partial charge is 0.322 e. The van der Waals surface area contributed by atoms with Gasteiger partial charge in [-0.2, -0.15) is 0 Å². The van der Waals surface area contributed by atoms with Crippen LogP contribution in [-0.4, -0.2) is 15.3 Å². The third-order valence-corrected chi connectivity index (χ3v) is 4.61. The lowest BCUT2D eigenvalue weighted by atomic mass is 10.1. The van der Waals surface area contributed by atoms with Gasteiger partial charge in [0.2, 0.25) is 0 Å². The minimum absolute atomic E-state index is 0.122. The number of carbonyl (C=O) groups is 1. The molecule has 4 aromatic rings. The molecule has 2 aromatic heterocycles. The number of benzene rings is 2. The van der Waals surface area contributed by atoms with E-state index in [0.717, 1.165) is 26.2 Å². The zero-order chi connectivity index (χ0) is 17.2. The molecule has 25 heavy (non-hydrogen) atoms. The van der Waals surface area contributed by atoms with E-state index in [4.69, 9.17) is 0 Å². The fourth-order valence-corrected chi connectivity index (χ4v) is 2.99. The van der Waals surface area contributed by atoms with Crippen LogP contribution >= 0.6 is 22.6 Å². The van der Waals surface area contributed by atoms with Crippen LogP contribution in [0.1, 0.15) is 10.4 Å². The fourth-order valence-electron chi connectivity index (χ4n) is 2.63. The molecule has 0 saturated heterocycles. The van der Waals surface area contributed by atoms with Crippen LogP contribution in [0.15, 0.2) is 79.1 Å². The molecule has 0 spiro atoms. The number of hydrogen-bond acceptors (Lipinski definition) is 2. The molecule has 0 unspecified atom stereocenters. The van der Waals surface area contributed by atoms with Crippen LogP contribution in [0, 0.1) is 3.57 Å². The predicted molar refractivity (Wildman–Crippen MR) is 108 cm³/mol. The lowest BCUT2D eigenvalue weighted by molar-refractivity contribution is 0.102. The van der Waals surface area contributed by atoms with Crippen molar-refractivity contribution in [2.75, 3.05) is 5.32 Å². The van der Waals surface area contributed by atoms with Crippen LogP contribution < -0.4 is 5.32 Å². The Morgan fingerprint density at radius 2 is 1.84 bits per heavy atom. The first-order chi connectivity index (χ1) is 12.2. The number of fused-ring (bicyclic) bond motifs is 1. The van der Waals surface area contributed by atoms with Gasteiger partial charge in [-0.25, -0.2) is 4.98 Å². The molecular weight excluding hydrogens is 425 g/mol. The summed E-state index contributed by atoms with van der Waals surface area (Å²) in [4.78, 5) is 17.0. The second-order valence-corrected chi connectivity index (χ2v) is 6.88. The number of carbonyl (C=O) groups excluding carboxylic acids is 1. The van der Waals surface area contributed by atoms with Crippen molar-refractivity contribution < 1.29 is 4.79 Å². The van der Waals surface area contributed by atoms with Gasteiger partial charge in [0.15, 0.2) is 0 Å². The molecule has 0 radical (unpaired) electrons. The van der Waals surface area contributed by atoms with E-state index in [1.165, 1.54) is 0 Å². The minimum atomic E-state index is -0.122. The maximum atomic E-state index is 12.4. The van der Waals surface area contributed by atoms with E-state index in [2.05, 4.69) is 32.9 Å². The van der Waals surface area contributed by atoms with E-state index in [1.54, 1.807) is 0 Å². The number of pyridine rings is 1. The summed E-state index contributed by atoms with van der Waals surface area (Å²) >= 11 is 2.22. The number of rotatable bonds is 3. The van der Waals surface area contributed by atoms with E-state index in [1.807, 2.05) is 83.5 Å². The number of imidazole rings is 1. The Hall–Kier alpha value is -2.67. The number of hydrogen-bond donors (Lipinski definition) is 1. The van der Waals surface area contributed by atoms with Gasteiger partial charge in [-0.05, 0) is 71.1 Å². The summed E-state index contributed by atoms with van der Waals surface area (Å²) in [5.41, 5.74) is 4.11. The van der Waals surface area contributed by atoms with Crippen LogP contribution in [0.3, 0.4) is 0 Å². The number of nitrogens with one attached hydrogen (secondary N) is 1. The molecule has 0 bridgehead atoms. The molecule has 0 aliphatic rings. The Morgan fingerprint density at radius 3 is 2.64 bits per heavy atom. The number of aromatic nitrogens is 2. The maximum Gasteiger partial charge on any atom is 0.255 e. The first-order valence-corrected chi connectivity index (χ1v) is 8.88. The summed E-state index contributed by atoms with van der Waals surface area (Å²) in [7, 11) is 0. The molecular formula is C20H14IN3O. The molecule has 0 aliphatic carbocycles. The molecule has 1 amide bonds. The average Bonchev–Trinajstić information content (AvgIpc) is 3.07. The molecule has 0 atom stereocenters. The molecule has 2 aromatic carbocycles. The fraction of sp³-hybridized carbons (Fsp3) is 0. The first kappa shape index (κ1) is 15.8. The monoisotopic (exact) mass is 439 g/mol. The highest BCUT2D eigenvalue weighted by Gasteiger charge is 2.08. The van der Waals surface area contributed by atoms with E-state index in [0.29, 0.717) is 5.56 Å². The van der Waals surface area contributed by atoms with Crippen molar-refractivity contribution in [3.05, 3.63) is 88.3 Å². The summed E-state index contributed by atoms with van der Waals surface area (Å²) in [6.07, 6.45) is 3.95. The third-order valence-electron chi connectivity index (χ3n) is 3.89. The minimum Gasteiger partial charge on any atom is -0.322 e. The second kappa shape index (κ2) is 6.68. The molecule has 4 rings (SSSR count). The Labute approximate surface area is 158 Å². The van der Waals surface area contributed by atoms with Crippen LogP contribution in [0.4, 0.5) is 5.69 Å². The zero-order valence-corrected chi connectivity index (χ0v) is 15.3. The quantitative estimate of drug-likeness (QED) is 0.464. The van der Waals surface area contributed by atoms with Gasteiger partial charge in [-0.15, -0.1) is 0 Å². The molecule has 2 heterocycles. The van der Waals surface area contributed by atoms with Gasteiger partial charge < -0.3 is 9.72 Å². The average molecular weight is 439 g/mol. The normalized spacial score (nSPS) is 10.8. The SMILES string of the molecule is O=C(Nc1cccc(-c2cn3ccccc3n2)c1)c1ccc(I)cc1. The van der Waals surface area contributed by atoms with Crippen molar-refractivity contribution >= 4 is 39.8 Å². The topological polar surface area (TPSA) is 46.4 Å². The van der Waals surface area contributed by atoms with Crippen molar-refractivity contribution in [1.82, 2.24) is 9.38 Å². The lowest BCUT2D eigenvalue weighted by Gasteiger charge is -2.07. The second-order valence-electron chi connectivity index (χ2n) is 5.63. The van der Waals surface area contributed by atoms with Crippen molar-refractivity contribution in [3.63, 3.8) is 0 Å². The van der Waals surface area contributed by atoms with Crippen LogP contribution in [0.2, 0.25) is 0 Å². The van der Waals surface area contributed by atoms with Crippen LogP contribution in [-0.2, 0) is 0 Å². The van der Waals surface area contributed by atoms with Crippen molar-refractivity contribution in [3.8, 4) is 11.3 Å². The van der Waals surface area contributed by atoms with Gasteiger partial charge in [0.05, 0.1) is 5.69 Å². The predicted octanol–water partition coefficient (Wildman–Crippen LogP) is 4.86. The molecule has 0 saturated carbocycles. The summed E-state index contributed by atoms with van der Waals surface area (Å²) in [5.74, 6) is -0.122. The van der Waals surface area contributed by atoms with Gasteiger partial charge in [0, 0.05) is 32.8 Å². The van der Waals surface area contributed by atoms with E-state index in [9.17, 15) is 4.79 Å². The molecule has 0 fully saturated rings. The lowest BCUT2D eigenvalue weighted by Crippen LogP contribution is -2.11. The Morgan fingerprint density at radius 1 is 1.00 bits per heavy atom. The number of nitrogens with zero attached hydrogens (tertiary/aromatic N) is 2. The molecule has 1 N–H and O–H groups in total. The van der Waals surface area contributed by atoms with Gasteiger partial charge in [-0.1, -0.05) is 18.2 Å². The Bertz CT molecular complexity index is 1020. The highest BCUT2D eigenvalue weighted by Crippen LogP contribution is 2.23. The van der Waals surface area contributed by atoms with Crippen molar-refractivity contribution in [2.24, 2.45) is 0 Å². The molecule has 122 valence electrons. The maximum absolute atomic E-state index is 12.4. The standard InChI is InChI=1S/C20H14IN3O/c21-16-9-7-14(8-10-16)20(25)22-17-5-3-4-15(12-17)18-13-24-11-2-1-6-19(24)23-18/h1-13H,(H,22,25). The number of anilines is 1. The van der Waals surface area contributed by atoms with Crippen molar-refractivity contribution in [1.29, 1.82) is 0 Å². The summed E-state index contributed by atoms with van der Waals surface area (Å²) in [6.45, 7) is 0. The van der Waals surface area contributed by atoms with E-state index >= 15 is 0 Å². The molecule has 0 aliphatic heterocycles. The van der Waals surface area contributed by atoms with Gasteiger partial charge in [-0.3, -0.25) is 4.79 Å². The summed E-state index contributed by atoms with van der Waals surface area (Å²) < 4.78 is 3.08. The Kier molecular flexibility index (Phi) is 4.23. The highest BCUT2D eigenvalue weighted by atomic mass is 127. The van der Waals surface area contributed by atoms with Crippen molar-refractivity contribution in [2.45, 2.75) is 0 Å². The summed E-state index contributed by atoms with van der Waals surface area (Å²) in [6, 6.07) is 21.1. The third kappa shape index (κ3) is 3.41. The first-order valence-electron chi connectivity index (χ1n) is 7.80. The van der Waals surface area contributed by atoms with Gasteiger partial charge in [0.25, 0.3) is 5.91 Å². The van der Waals surface area contributed by atoms with Gasteiger partial charge in [0.1, 0.15) is 5.65 Å². The van der Waals surface area contributed by atoms with Crippen LogP contribution in [0.25, 0.3) is 16.9 Å². The van der Waals surface area contributed by atoms with Gasteiger partial charge >= 0.3 is 0 Å². The molecule has 4 nitrogen and oxygen atoms in total. The Balaban J connectivity index is 1.60. The number of halogens is 1. The summed E-state index contributed by atoms with van der Waals surface area (Å²) in [5, 5.41) is 2.95. The smallest absolute Gasteiger partial charge is 0.255 e. The van der Waals surface area contributed by atoms with E-state index in [-0.39, 0.29) is 5.91 Å². The highest BCUT2D eigenvalue weighted by molar-refractivity contribution is 14.1. The zero-order valence-electron chi connectivity index (χ0n) is 13.2. The van der Waals surface area contributed by atoms with E-state index < -0.39 is 0 Å². The molecule has 5 heteroatoms.